The van der Waals surface area contributed by atoms with Gasteiger partial charge in [-0.2, -0.15) is 0 Å². The van der Waals surface area contributed by atoms with Crippen molar-refractivity contribution >= 4 is 22.6 Å². The van der Waals surface area contributed by atoms with E-state index in [9.17, 15) is 9.18 Å². The molecule has 33 heavy (non-hydrogen) atoms. The van der Waals surface area contributed by atoms with Gasteiger partial charge >= 0.3 is 6.03 Å². The zero-order valence-corrected chi connectivity index (χ0v) is 18.8. The smallest absolute Gasteiger partial charge is 0.319 e. The predicted molar refractivity (Wildman–Crippen MR) is 125 cm³/mol. The van der Waals surface area contributed by atoms with Crippen LogP contribution in [-0.4, -0.2) is 31.8 Å². The Kier molecular flexibility index (Phi) is 7.12. The van der Waals surface area contributed by atoms with Crippen LogP contribution in [0.25, 0.3) is 10.9 Å². The molecule has 0 aliphatic heterocycles. The van der Waals surface area contributed by atoms with E-state index in [1.165, 1.54) is 44.9 Å². The number of halogens is 1. The molecule has 3 aromatic rings. The summed E-state index contributed by atoms with van der Waals surface area (Å²) in [6, 6.07) is 9.09. The summed E-state index contributed by atoms with van der Waals surface area (Å²) in [6.45, 7) is 0.615. The first-order chi connectivity index (χ1) is 16.1. The number of hydrogen-bond acceptors (Lipinski definition) is 5. The predicted octanol–water partition coefficient (Wildman–Crippen LogP) is 5.89. The third-order valence-electron chi connectivity index (χ3n) is 5.93. The van der Waals surface area contributed by atoms with E-state index >= 15 is 0 Å². The highest BCUT2D eigenvalue weighted by Gasteiger charge is 2.16. The number of carbonyl (C=O) groups is 1. The maximum absolute atomic E-state index is 14.7. The number of hydrogen-bond donors (Lipinski definition) is 2. The lowest BCUT2D eigenvalue weighted by molar-refractivity contribution is 0.251. The van der Waals surface area contributed by atoms with Gasteiger partial charge in [0.05, 0.1) is 19.7 Å². The zero-order valence-electron chi connectivity index (χ0n) is 18.8. The van der Waals surface area contributed by atoms with Crippen LogP contribution in [-0.2, 0) is 0 Å². The zero-order chi connectivity index (χ0) is 23.2. The van der Waals surface area contributed by atoms with E-state index in [-0.39, 0.29) is 11.8 Å². The molecule has 174 valence electrons. The number of nitrogens with zero attached hydrogens (tertiary/aromatic N) is 1. The maximum atomic E-state index is 14.7. The molecule has 2 aromatic carbocycles. The van der Waals surface area contributed by atoms with E-state index in [4.69, 9.17) is 14.2 Å². The quantitative estimate of drug-likeness (QED) is 0.445. The van der Waals surface area contributed by atoms with Gasteiger partial charge in [-0.05, 0) is 36.6 Å². The number of aromatic nitrogens is 1. The van der Waals surface area contributed by atoms with Crippen LogP contribution >= 0.6 is 0 Å². The monoisotopic (exact) mass is 453 g/mol. The summed E-state index contributed by atoms with van der Waals surface area (Å²) in [7, 11) is 3.09. The lowest BCUT2D eigenvalue weighted by Gasteiger charge is -2.14. The number of nitrogens with one attached hydrogen (secondary N) is 2. The average Bonchev–Trinajstić information content (AvgIpc) is 3.33. The van der Waals surface area contributed by atoms with E-state index < -0.39 is 5.82 Å². The van der Waals surface area contributed by atoms with E-state index in [1.807, 2.05) is 0 Å². The molecule has 7 nitrogen and oxygen atoms in total. The van der Waals surface area contributed by atoms with Crippen LogP contribution in [0.1, 0.15) is 32.1 Å². The minimum Gasteiger partial charge on any atom is -0.493 e. The summed E-state index contributed by atoms with van der Waals surface area (Å²) in [5.41, 5.74) is 0.974. The molecule has 1 aliphatic rings. The Morgan fingerprint density at radius 2 is 1.79 bits per heavy atom. The molecule has 0 radical (unpaired) electrons. The minimum absolute atomic E-state index is 0.0319. The van der Waals surface area contributed by atoms with Gasteiger partial charge in [0.1, 0.15) is 5.75 Å². The first-order valence-electron chi connectivity index (χ1n) is 11.1. The first-order valence-corrected chi connectivity index (χ1v) is 11.1. The fourth-order valence-corrected chi connectivity index (χ4v) is 4.18. The van der Waals surface area contributed by atoms with Crippen molar-refractivity contribution in [2.45, 2.75) is 32.1 Å². The summed E-state index contributed by atoms with van der Waals surface area (Å²) in [6.07, 6.45) is 7.59. The average molecular weight is 454 g/mol. The Labute approximate surface area is 192 Å². The molecule has 2 amide bonds. The van der Waals surface area contributed by atoms with Gasteiger partial charge in [-0.25, -0.2) is 9.18 Å². The van der Waals surface area contributed by atoms with Crippen LogP contribution in [0.2, 0.25) is 0 Å². The van der Waals surface area contributed by atoms with Gasteiger partial charge in [-0.3, -0.25) is 4.98 Å². The fraction of sp³-hybridized carbons (Fsp3) is 0.360. The molecule has 8 heteroatoms. The number of ether oxygens (including phenoxy) is 3. The second-order valence-electron chi connectivity index (χ2n) is 8.10. The molecule has 4 rings (SSSR count). The van der Waals surface area contributed by atoms with Crippen molar-refractivity contribution in [3.05, 3.63) is 48.4 Å². The Morgan fingerprint density at radius 3 is 2.52 bits per heavy atom. The number of benzene rings is 2. The number of methoxy groups -OCH3 is 2. The molecule has 0 unspecified atom stereocenters. The largest absolute Gasteiger partial charge is 0.493 e. The summed E-state index contributed by atoms with van der Waals surface area (Å²) in [4.78, 5) is 16.5. The van der Waals surface area contributed by atoms with Crippen molar-refractivity contribution in [2.24, 2.45) is 5.92 Å². The molecular formula is C25H28FN3O4. The summed E-state index contributed by atoms with van der Waals surface area (Å²) in [5.74, 6) is 1.61. The molecule has 1 saturated carbocycles. The third kappa shape index (κ3) is 5.45. The van der Waals surface area contributed by atoms with E-state index in [2.05, 4.69) is 15.6 Å². The van der Waals surface area contributed by atoms with Crippen LogP contribution in [0.3, 0.4) is 0 Å². The van der Waals surface area contributed by atoms with Crippen LogP contribution in [0.4, 0.5) is 14.9 Å². The molecule has 0 atom stereocenters. The molecule has 0 spiro atoms. The lowest BCUT2D eigenvalue weighted by atomic mass is 10.0. The Bertz CT molecular complexity index is 1130. The molecule has 1 heterocycles. The Balaban J connectivity index is 1.43. The topological polar surface area (TPSA) is 81.7 Å². The summed E-state index contributed by atoms with van der Waals surface area (Å²) in [5, 5.41) is 6.16. The van der Waals surface area contributed by atoms with Crippen molar-refractivity contribution in [1.82, 2.24) is 10.3 Å². The lowest BCUT2D eigenvalue weighted by Crippen LogP contribution is -2.30. The van der Waals surface area contributed by atoms with Gasteiger partial charge in [0.25, 0.3) is 0 Å². The number of amides is 2. The molecule has 1 aliphatic carbocycles. The second kappa shape index (κ2) is 10.4. The number of carbonyl (C=O) groups excluding carboxylic acids is 1. The third-order valence-corrected chi connectivity index (χ3v) is 5.93. The van der Waals surface area contributed by atoms with Crippen LogP contribution < -0.4 is 24.8 Å². The molecule has 2 N–H and O–H groups in total. The van der Waals surface area contributed by atoms with E-state index in [1.54, 1.807) is 37.6 Å². The van der Waals surface area contributed by atoms with Crippen molar-refractivity contribution in [1.29, 1.82) is 0 Å². The van der Waals surface area contributed by atoms with Crippen molar-refractivity contribution in [3.63, 3.8) is 0 Å². The van der Waals surface area contributed by atoms with Gasteiger partial charge in [0.2, 0.25) is 0 Å². The fourth-order valence-electron chi connectivity index (χ4n) is 4.18. The van der Waals surface area contributed by atoms with Crippen LogP contribution in [0, 0.1) is 11.7 Å². The van der Waals surface area contributed by atoms with Crippen molar-refractivity contribution < 1.29 is 23.4 Å². The maximum Gasteiger partial charge on any atom is 0.319 e. The van der Waals surface area contributed by atoms with E-state index in [0.717, 1.165) is 6.42 Å². The number of fused-ring (bicyclic) bond motifs is 1. The first kappa shape index (κ1) is 22.6. The number of urea groups is 1. The van der Waals surface area contributed by atoms with Gasteiger partial charge in [-0.1, -0.05) is 25.7 Å². The van der Waals surface area contributed by atoms with Gasteiger partial charge in [-0.15, -0.1) is 0 Å². The molecule has 0 saturated heterocycles. The van der Waals surface area contributed by atoms with Gasteiger partial charge < -0.3 is 24.8 Å². The SMILES string of the molecule is COc1cc2nccc(Oc3ccc(NC(=O)NCCC4CCCC4)cc3F)c2cc1OC. The van der Waals surface area contributed by atoms with Crippen LogP contribution in [0.5, 0.6) is 23.0 Å². The highest BCUT2D eigenvalue weighted by atomic mass is 19.1. The second-order valence-corrected chi connectivity index (χ2v) is 8.10. The minimum atomic E-state index is -0.593. The normalized spacial score (nSPS) is 13.7. The van der Waals surface area contributed by atoms with Gasteiger partial charge in [0.15, 0.2) is 23.1 Å². The number of rotatable bonds is 8. The van der Waals surface area contributed by atoms with Crippen molar-refractivity contribution in [2.75, 3.05) is 26.1 Å². The number of pyridine rings is 1. The molecule has 1 fully saturated rings. The van der Waals surface area contributed by atoms with Crippen LogP contribution in [0.15, 0.2) is 42.6 Å². The molecule has 1 aromatic heterocycles. The standard InChI is InChI=1S/C25H28FN3O4/c1-31-23-14-18-20(15-24(23)32-2)27-12-10-21(18)33-22-8-7-17(13-19(22)26)29-25(30)28-11-9-16-5-3-4-6-16/h7-8,10,12-16H,3-6,9,11H2,1-2H3,(H2,28,29,30). The van der Waals surface area contributed by atoms with Crippen molar-refractivity contribution in [3.8, 4) is 23.0 Å². The highest BCUT2D eigenvalue weighted by Crippen LogP contribution is 2.37. The Morgan fingerprint density at radius 1 is 1.03 bits per heavy atom. The summed E-state index contributed by atoms with van der Waals surface area (Å²) >= 11 is 0. The van der Waals surface area contributed by atoms with Gasteiger partial charge in [0, 0.05) is 35.9 Å². The molecular weight excluding hydrogens is 425 g/mol. The number of anilines is 1. The highest BCUT2D eigenvalue weighted by molar-refractivity contribution is 5.90. The summed E-state index contributed by atoms with van der Waals surface area (Å²) < 4.78 is 31.3. The van der Waals surface area contributed by atoms with E-state index in [0.29, 0.717) is 46.3 Å². The Hall–Kier alpha value is -3.55. The molecule has 0 bridgehead atoms.